The Morgan fingerprint density at radius 3 is 1.64 bits per heavy atom. The monoisotopic (exact) mass is 1390 g/mol. The van der Waals surface area contributed by atoms with Gasteiger partial charge in [0, 0.05) is 0 Å². The lowest BCUT2D eigenvalue weighted by Crippen LogP contribution is -2.67. The van der Waals surface area contributed by atoms with Crippen molar-refractivity contribution in [2.24, 2.45) is 34.5 Å². The van der Waals surface area contributed by atoms with Gasteiger partial charge in [-0.15, -0.1) is 0 Å². The molecule has 17 N–H and O–H groups in total. The van der Waals surface area contributed by atoms with Crippen LogP contribution < -0.4 is 0 Å². The Labute approximate surface area is 551 Å². The maximum atomic E-state index is 12.5. The largest absolute Gasteiger partial charge is 0.397 e. The molecule has 0 amide bonds. The molecule has 4 aliphatic carbocycles. The van der Waals surface area contributed by atoms with E-state index in [4.69, 9.17) is 61.0 Å². The molecule has 6 heterocycles. The fourth-order valence-corrected chi connectivity index (χ4v) is 17.5. The average molecular weight is 1390 g/mol. The second kappa shape index (κ2) is 29.9. The molecule has 6 aliphatic heterocycles. The van der Waals surface area contributed by atoms with E-state index in [1.165, 1.54) is 26.3 Å². The van der Waals surface area contributed by atoms with Crippen molar-refractivity contribution in [3.05, 3.63) is 23.3 Å². The van der Waals surface area contributed by atoms with Crippen LogP contribution in [0.1, 0.15) is 113 Å². The van der Waals surface area contributed by atoms with Gasteiger partial charge in [-0.1, -0.05) is 37.1 Å². The van der Waals surface area contributed by atoms with Crippen LogP contribution in [0.4, 0.5) is 0 Å². The minimum absolute atomic E-state index is 0.0576. The minimum Gasteiger partial charge on any atom is -0.394 e. The maximum absolute atomic E-state index is 12.5. The summed E-state index contributed by atoms with van der Waals surface area (Å²) < 4.78 is 113. The number of rotatable bonds is 20. The van der Waals surface area contributed by atoms with E-state index >= 15 is 0 Å². The molecule has 10 aliphatic rings. The zero-order valence-corrected chi connectivity index (χ0v) is 55.3. The Kier molecular flexibility index (Phi) is 23.9. The first-order valence-electron chi connectivity index (χ1n) is 33.1. The molecule has 33 heteroatoms. The molecular weight excluding hydrogens is 1290 g/mol. The van der Waals surface area contributed by atoms with Gasteiger partial charge in [0.1, 0.15) is 122 Å². The van der Waals surface area contributed by atoms with Gasteiger partial charge in [-0.05, 0) is 134 Å². The highest BCUT2D eigenvalue weighted by atomic mass is 32.3. The van der Waals surface area contributed by atoms with Crippen molar-refractivity contribution in [3.8, 4) is 0 Å². The summed E-state index contributed by atoms with van der Waals surface area (Å²) in [5, 5.41) is 179. The quantitative estimate of drug-likeness (QED) is 0.0407. The zero-order chi connectivity index (χ0) is 69.5. The molecular formula is C62H102O32S. The molecule has 3 saturated carbocycles. The van der Waals surface area contributed by atoms with Crippen molar-refractivity contribution >= 4 is 10.4 Å². The first-order valence-corrected chi connectivity index (χ1v) is 34.5. The van der Waals surface area contributed by atoms with E-state index in [9.17, 15) is 94.7 Å². The molecule has 548 valence electrons. The van der Waals surface area contributed by atoms with Crippen molar-refractivity contribution in [1.29, 1.82) is 0 Å². The summed E-state index contributed by atoms with van der Waals surface area (Å²) >= 11 is 0. The third-order valence-electron chi connectivity index (χ3n) is 22.4. The fourth-order valence-electron chi connectivity index (χ4n) is 17.0. The third-order valence-corrected chi connectivity index (χ3v) is 22.9. The lowest BCUT2D eigenvalue weighted by molar-refractivity contribution is -0.402. The van der Waals surface area contributed by atoms with Gasteiger partial charge >= 0.3 is 10.4 Å². The first-order chi connectivity index (χ1) is 44.5. The zero-order valence-electron chi connectivity index (χ0n) is 54.5. The molecule has 0 aromatic carbocycles. The highest BCUT2D eigenvalue weighted by Gasteiger charge is 2.64. The third kappa shape index (κ3) is 15.2. The van der Waals surface area contributed by atoms with Gasteiger partial charge in [0.05, 0.1) is 55.9 Å². The lowest BCUT2D eigenvalue weighted by Gasteiger charge is -2.60. The molecule has 0 radical (unpaired) electrons. The molecule has 10 rings (SSSR count). The summed E-state index contributed by atoms with van der Waals surface area (Å²) in [4.78, 5) is 0. The Hall–Kier alpha value is -1.77. The van der Waals surface area contributed by atoms with E-state index < -0.39 is 237 Å². The summed E-state index contributed by atoms with van der Waals surface area (Å²) in [5.74, 6) is -0.586. The van der Waals surface area contributed by atoms with Crippen LogP contribution in [-0.2, 0) is 71.4 Å². The smallest absolute Gasteiger partial charge is 0.394 e. The van der Waals surface area contributed by atoms with Crippen LogP contribution >= 0.6 is 0 Å². The van der Waals surface area contributed by atoms with Crippen molar-refractivity contribution in [3.63, 3.8) is 0 Å². The summed E-state index contributed by atoms with van der Waals surface area (Å²) in [6.45, 7) is 11.9. The highest BCUT2D eigenvalue weighted by Crippen LogP contribution is 2.67. The predicted molar refractivity (Wildman–Crippen MR) is 318 cm³/mol. The lowest BCUT2D eigenvalue weighted by atomic mass is 9.47. The van der Waals surface area contributed by atoms with Crippen LogP contribution in [0.25, 0.3) is 0 Å². The molecule has 38 atom stereocenters. The standard InChI is InChI=1S/C62H102O32S/c1-23(2)10-9-15-62(8,78)36-12-11-29-28-19-32(31-18-27(94-95(79,80)81)13-16-60(31,6)30(28)14-17-61(29,36)7)86-56-48(76)51(39(67)25(4)84-56)91-58-52(92-54-46(74)43(71)37(65)24(3)83-54)42(70)35(22-82-58)89-59-53(45(73)41(69)34(21-64)88-59)93-57-49(77)50(38(66)26(5)85-57)90-55-47(75)44(72)40(68)33(20-63)87-55/h10,14,24-29,31-59,63-78H,9,11-13,15-22H2,1-8H3,(H,79,80,81). The molecule has 38 unspecified atom stereocenters. The Bertz CT molecular complexity index is 2730. The van der Waals surface area contributed by atoms with Crippen LogP contribution in [0.3, 0.4) is 0 Å². The van der Waals surface area contributed by atoms with Crippen molar-refractivity contribution in [2.75, 3.05) is 19.8 Å². The van der Waals surface area contributed by atoms with Gasteiger partial charge in [-0.25, -0.2) is 4.18 Å². The van der Waals surface area contributed by atoms with Crippen LogP contribution in [-0.4, -0.2) is 310 Å². The van der Waals surface area contributed by atoms with Gasteiger partial charge in [-0.2, -0.15) is 8.42 Å². The summed E-state index contributed by atoms with van der Waals surface area (Å²) in [5.41, 5.74) is 0.382. The van der Waals surface area contributed by atoms with Gasteiger partial charge in [0.25, 0.3) is 0 Å². The van der Waals surface area contributed by atoms with Crippen LogP contribution in [0.2, 0.25) is 0 Å². The molecule has 0 aromatic heterocycles. The maximum Gasteiger partial charge on any atom is 0.397 e. The topological polar surface area (TPSA) is 498 Å². The van der Waals surface area contributed by atoms with E-state index in [0.717, 1.165) is 18.4 Å². The number of aliphatic hydroxyl groups is 16. The average Bonchev–Trinajstić information content (AvgIpc) is 1.68. The summed E-state index contributed by atoms with van der Waals surface area (Å²) in [6, 6.07) is 0. The molecule has 6 saturated heterocycles. The molecule has 32 nitrogen and oxygen atoms in total. The minimum atomic E-state index is -4.89. The van der Waals surface area contributed by atoms with E-state index in [2.05, 4.69) is 26.0 Å². The molecule has 0 bridgehead atoms. The molecule has 0 spiro atoms. The van der Waals surface area contributed by atoms with Gasteiger partial charge in [-0.3, -0.25) is 4.55 Å². The second-order valence-electron chi connectivity index (χ2n) is 29.0. The van der Waals surface area contributed by atoms with Gasteiger partial charge in [0.2, 0.25) is 0 Å². The Morgan fingerprint density at radius 2 is 1.06 bits per heavy atom. The number of fused-ring (bicyclic) bond motifs is 5. The summed E-state index contributed by atoms with van der Waals surface area (Å²) in [6.07, 6.45) is -44.5. The number of ether oxygens (including phenoxy) is 12. The van der Waals surface area contributed by atoms with Crippen molar-refractivity contribution in [2.45, 2.75) is 309 Å². The fraction of sp³-hybridized carbons (Fsp3) is 0.935. The summed E-state index contributed by atoms with van der Waals surface area (Å²) in [7, 11) is -4.89. The number of allylic oxidation sites excluding steroid dienone is 4. The van der Waals surface area contributed by atoms with Crippen LogP contribution in [0.15, 0.2) is 23.3 Å². The van der Waals surface area contributed by atoms with Gasteiger partial charge < -0.3 is 139 Å². The van der Waals surface area contributed by atoms with Crippen molar-refractivity contribution in [1.82, 2.24) is 0 Å². The first kappa shape index (κ1) is 75.9. The molecule has 95 heavy (non-hydrogen) atoms. The molecule has 0 aromatic rings. The molecule has 9 fully saturated rings. The Morgan fingerprint density at radius 1 is 0.568 bits per heavy atom. The van der Waals surface area contributed by atoms with Gasteiger partial charge in [0.15, 0.2) is 37.7 Å². The van der Waals surface area contributed by atoms with Crippen molar-refractivity contribution < 1.29 is 156 Å². The normalized spacial score (nSPS) is 51.9. The number of aliphatic hydroxyl groups excluding tert-OH is 15. The number of hydrogen-bond acceptors (Lipinski definition) is 31. The predicted octanol–water partition coefficient (Wildman–Crippen LogP) is -4.11. The van der Waals surface area contributed by atoms with E-state index in [1.54, 1.807) is 0 Å². The Balaban J connectivity index is 0.903. The van der Waals surface area contributed by atoms with E-state index in [1.807, 2.05) is 20.8 Å². The highest BCUT2D eigenvalue weighted by molar-refractivity contribution is 7.80. The van der Waals surface area contributed by atoms with Crippen LogP contribution in [0, 0.1) is 34.5 Å². The SMILES string of the molecule is CC(C)=CCCC(C)(O)C1CCC2C3CC(OC4OC(C)C(O)C(OC5OCC(OC6OC(CO)C(O)C(O)C6OC6OC(C)C(O)C(OC7OC(CO)C(O)C(O)C7O)C6O)C(O)C5OC5OC(C)C(O)C(O)C5O)C4O)C4CC(OS(=O)(=O)O)CCC4(C)C3=CCC21C. The van der Waals surface area contributed by atoms with Crippen LogP contribution in [0.5, 0.6) is 0 Å². The second-order valence-corrected chi connectivity index (χ2v) is 30.0. The van der Waals surface area contributed by atoms with E-state index in [0.29, 0.717) is 32.1 Å². The van der Waals surface area contributed by atoms with E-state index in [-0.39, 0.29) is 36.0 Å². The number of hydrogen-bond donors (Lipinski definition) is 17.